The van der Waals surface area contributed by atoms with Gasteiger partial charge in [0.1, 0.15) is 0 Å². The molecule has 0 unspecified atom stereocenters. The molecule has 1 amide bonds. The van der Waals surface area contributed by atoms with Crippen LogP contribution in [0, 0.1) is 0 Å². The summed E-state index contributed by atoms with van der Waals surface area (Å²) in [6, 6.07) is 16.8. The smallest absolute Gasteiger partial charge is 0.242 e. The maximum Gasteiger partial charge on any atom is 0.242 e. The lowest BCUT2D eigenvalue weighted by Gasteiger charge is -2.34. The van der Waals surface area contributed by atoms with Crippen LogP contribution in [-0.2, 0) is 4.79 Å². The van der Waals surface area contributed by atoms with E-state index in [-0.39, 0.29) is 5.91 Å². The van der Waals surface area contributed by atoms with Crippen molar-refractivity contribution in [1.82, 2.24) is 9.88 Å². The molecule has 2 aliphatic heterocycles. The van der Waals surface area contributed by atoms with E-state index in [4.69, 9.17) is 4.98 Å². The van der Waals surface area contributed by atoms with Crippen molar-refractivity contribution in [3.63, 3.8) is 0 Å². The predicted octanol–water partition coefficient (Wildman–Crippen LogP) is 5.00. The Bertz CT molecular complexity index is 985. The Morgan fingerprint density at radius 2 is 1.93 bits per heavy atom. The number of thioether (sulfide) groups is 1. The second kappa shape index (κ2) is 8.36. The van der Waals surface area contributed by atoms with Crippen molar-refractivity contribution in [3.05, 3.63) is 53.5 Å². The van der Waals surface area contributed by atoms with Crippen LogP contribution in [0.2, 0.25) is 0 Å². The number of aromatic nitrogens is 1. The van der Waals surface area contributed by atoms with Gasteiger partial charge in [0, 0.05) is 30.4 Å². The SMILES string of the molecule is O=C(CN1CCCSc2ccccc21)N1CCC[C@H](c2nc3ccccc3s2)C1. The topological polar surface area (TPSA) is 36.4 Å². The zero-order valence-electron chi connectivity index (χ0n) is 16.4. The molecule has 150 valence electrons. The van der Waals surface area contributed by atoms with Gasteiger partial charge in [-0.25, -0.2) is 4.98 Å². The van der Waals surface area contributed by atoms with Crippen molar-refractivity contribution in [2.75, 3.05) is 36.8 Å². The van der Waals surface area contributed by atoms with Crippen LogP contribution in [-0.4, -0.2) is 47.7 Å². The predicted molar refractivity (Wildman–Crippen MR) is 122 cm³/mol. The molecule has 3 aromatic rings. The molecule has 0 radical (unpaired) electrons. The fourth-order valence-electron chi connectivity index (χ4n) is 4.30. The summed E-state index contributed by atoms with van der Waals surface area (Å²) in [7, 11) is 0. The number of anilines is 1. The molecule has 2 aliphatic rings. The standard InChI is InChI=1S/C23H25N3OS2/c27-22(16-25-13-6-14-28-21-11-4-2-9-19(21)25)26-12-5-7-17(15-26)23-24-18-8-1-3-10-20(18)29-23/h1-4,8-11,17H,5-7,12-16H2/t17-/m0/s1. The molecular formula is C23H25N3OS2. The van der Waals surface area contributed by atoms with Crippen molar-refractivity contribution in [1.29, 1.82) is 0 Å². The first-order valence-corrected chi connectivity index (χ1v) is 12.2. The third-order valence-corrected chi connectivity index (χ3v) is 8.14. The minimum absolute atomic E-state index is 0.248. The number of benzene rings is 2. The first-order chi connectivity index (χ1) is 14.3. The molecular weight excluding hydrogens is 398 g/mol. The van der Waals surface area contributed by atoms with Crippen LogP contribution in [0.5, 0.6) is 0 Å². The van der Waals surface area contributed by atoms with E-state index in [0.29, 0.717) is 12.5 Å². The number of para-hydroxylation sites is 2. The molecule has 0 spiro atoms. The maximum atomic E-state index is 13.2. The Labute approximate surface area is 179 Å². The van der Waals surface area contributed by atoms with E-state index in [1.165, 1.54) is 20.3 Å². The van der Waals surface area contributed by atoms with Gasteiger partial charge in [-0.05, 0) is 49.3 Å². The van der Waals surface area contributed by atoms with E-state index in [2.05, 4.69) is 52.3 Å². The van der Waals surface area contributed by atoms with Gasteiger partial charge in [0.25, 0.3) is 0 Å². The van der Waals surface area contributed by atoms with Crippen molar-refractivity contribution in [2.45, 2.75) is 30.1 Å². The van der Waals surface area contributed by atoms with Gasteiger partial charge in [0.15, 0.2) is 0 Å². The molecule has 3 heterocycles. The lowest BCUT2D eigenvalue weighted by Crippen LogP contribution is -2.45. The van der Waals surface area contributed by atoms with E-state index >= 15 is 0 Å². The van der Waals surface area contributed by atoms with Crippen molar-refractivity contribution in [3.8, 4) is 0 Å². The van der Waals surface area contributed by atoms with E-state index in [1.54, 1.807) is 11.3 Å². The van der Waals surface area contributed by atoms with Crippen LogP contribution in [0.3, 0.4) is 0 Å². The normalized spacial score (nSPS) is 19.8. The Morgan fingerprint density at radius 3 is 2.86 bits per heavy atom. The number of piperidine rings is 1. The molecule has 1 atom stereocenters. The van der Waals surface area contributed by atoms with Crippen LogP contribution in [0.4, 0.5) is 5.69 Å². The fourth-order valence-corrected chi connectivity index (χ4v) is 6.40. The molecule has 4 nitrogen and oxygen atoms in total. The summed E-state index contributed by atoms with van der Waals surface area (Å²) < 4.78 is 1.24. The average molecular weight is 424 g/mol. The van der Waals surface area contributed by atoms with Gasteiger partial charge in [-0.1, -0.05) is 24.3 Å². The zero-order valence-corrected chi connectivity index (χ0v) is 18.1. The number of carbonyl (C=O) groups is 1. The van der Waals surface area contributed by atoms with Gasteiger partial charge in [0.05, 0.1) is 27.5 Å². The van der Waals surface area contributed by atoms with E-state index < -0.39 is 0 Å². The fraction of sp³-hybridized carbons (Fsp3) is 0.391. The van der Waals surface area contributed by atoms with E-state index in [9.17, 15) is 4.79 Å². The van der Waals surface area contributed by atoms with E-state index in [1.807, 2.05) is 17.8 Å². The average Bonchev–Trinajstić information content (AvgIpc) is 3.10. The number of rotatable bonds is 3. The third-order valence-electron chi connectivity index (χ3n) is 5.80. The first kappa shape index (κ1) is 18.9. The number of amides is 1. The summed E-state index contributed by atoms with van der Waals surface area (Å²) in [5.74, 6) is 1.72. The molecule has 6 heteroatoms. The van der Waals surface area contributed by atoms with E-state index in [0.717, 1.165) is 50.2 Å². The molecule has 1 aromatic heterocycles. The lowest BCUT2D eigenvalue weighted by atomic mass is 9.98. The highest BCUT2D eigenvalue weighted by molar-refractivity contribution is 7.99. The highest BCUT2D eigenvalue weighted by Gasteiger charge is 2.28. The summed E-state index contributed by atoms with van der Waals surface area (Å²) in [5, 5.41) is 1.18. The summed E-state index contributed by atoms with van der Waals surface area (Å²) in [6.45, 7) is 3.09. The largest absolute Gasteiger partial charge is 0.361 e. The summed E-state index contributed by atoms with van der Waals surface area (Å²) in [5.41, 5.74) is 2.29. The number of nitrogens with zero attached hydrogens (tertiary/aromatic N) is 3. The summed E-state index contributed by atoms with van der Waals surface area (Å²) in [4.78, 5) is 23.7. The van der Waals surface area contributed by atoms with Crippen LogP contribution >= 0.6 is 23.1 Å². The third kappa shape index (κ3) is 4.01. The Balaban J connectivity index is 1.30. The molecule has 2 aromatic carbocycles. The number of hydrogen-bond donors (Lipinski definition) is 0. The Kier molecular flexibility index (Phi) is 5.46. The second-order valence-corrected chi connectivity index (χ2v) is 9.99. The van der Waals surface area contributed by atoms with Crippen molar-refractivity contribution in [2.24, 2.45) is 0 Å². The number of likely N-dealkylation sites (tertiary alicyclic amines) is 1. The van der Waals surface area contributed by atoms with Gasteiger partial charge in [0.2, 0.25) is 5.91 Å². The van der Waals surface area contributed by atoms with Crippen molar-refractivity contribution >= 4 is 44.9 Å². The van der Waals surface area contributed by atoms with Crippen LogP contribution < -0.4 is 4.90 Å². The van der Waals surface area contributed by atoms with Crippen LogP contribution in [0.1, 0.15) is 30.2 Å². The minimum Gasteiger partial charge on any atom is -0.361 e. The number of thiazole rings is 1. The van der Waals surface area contributed by atoms with Crippen LogP contribution in [0.15, 0.2) is 53.4 Å². The van der Waals surface area contributed by atoms with Gasteiger partial charge in [-0.15, -0.1) is 23.1 Å². The molecule has 0 aliphatic carbocycles. The molecule has 1 saturated heterocycles. The maximum absolute atomic E-state index is 13.2. The highest BCUT2D eigenvalue weighted by Crippen LogP contribution is 2.35. The Hall–Kier alpha value is -2.05. The molecule has 0 bridgehead atoms. The second-order valence-electron chi connectivity index (χ2n) is 7.79. The first-order valence-electron chi connectivity index (χ1n) is 10.4. The van der Waals surface area contributed by atoms with Gasteiger partial charge >= 0.3 is 0 Å². The molecule has 0 N–H and O–H groups in total. The van der Waals surface area contributed by atoms with Gasteiger partial charge < -0.3 is 9.80 Å². The number of fused-ring (bicyclic) bond motifs is 2. The molecule has 5 rings (SSSR count). The highest BCUT2D eigenvalue weighted by atomic mass is 32.2. The Morgan fingerprint density at radius 1 is 1.07 bits per heavy atom. The van der Waals surface area contributed by atoms with Crippen molar-refractivity contribution < 1.29 is 4.79 Å². The molecule has 0 saturated carbocycles. The minimum atomic E-state index is 0.248. The number of hydrogen-bond acceptors (Lipinski definition) is 5. The zero-order chi connectivity index (χ0) is 19.6. The van der Waals surface area contributed by atoms with Gasteiger partial charge in [-0.2, -0.15) is 0 Å². The summed E-state index contributed by atoms with van der Waals surface area (Å²) >= 11 is 3.69. The lowest BCUT2D eigenvalue weighted by molar-refractivity contribution is -0.130. The van der Waals surface area contributed by atoms with Gasteiger partial charge in [-0.3, -0.25) is 4.79 Å². The number of carbonyl (C=O) groups excluding carboxylic acids is 1. The monoisotopic (exact) mass is 423 g/mol. The quantitative estimate of drug-likeness (QED) is 0.594. The molecule has 1 fully saturated rings. The molecule has 29 heavy (non-hydrogen) atoms. The summed E-state index contributed by atoms with van der Waals surface area (Å²) in [6.07, 6.45) is 3.28. The van der Waals surface area contributed by atoms with Crippen LogP contribution in [0.25, 0.3) is 10.2 Å².